The molecule has 0 aliphatic heterocycles. The lowest BCUT2D eigenvalue weighted by atomic mass is 10.2. The van der Waals surface area contributed by atoms with Gasteiger partial charge in [0.1, 0.15) is 11.3 Å². The first-order valence-electron chi connectivity index (χ1n) is 8.51. The maximum Gasteiger partial charge on any atom is 0.270 e. The topological polar surface area (TPSA) is 98.3 Å². The molecule has 5 aromatic rings. The Bertz CT molecular complexity index is 1370. The average Bonchev–Trinajstić information content (AvgIpc) is 3.44. The summed E-state index contributed by atoms with van der Waals surface area (Å²) in [5.41, 5.74) is 1.42. The summed E-state index contributed by atoms with van der Waals surface area (Å²) in [6.45, 7) is 0. The van der Waals surface area contributed by atoms with Gasteiger partial charge in [0.05, 0.1) is 9.80 Å². The number of hydrogen-bond acceptors (Lipinski definition) is 7. The Morgan fingerprint density at radius 1 is 1.10 bits per heavy atom. The van der Waals surface area contributed by atoms with Crippen LogP contribution >= 0.6 is 22.7 Å². The molecule has 0 aliphatic carbocycles. The molecule has 2 aromatic carbocycles. The average molecular weight is 421 g/mol. The molecule has 7 nitrogen and oxygen atoms in total. The van der Waals surface area contributed by atoms with Crippen LogP contribution in [0.25, 0.3) is 32.5 Å². The van der Waals surface area contributed by atoms with Crippen molar-refractivity contribution in [2.45, 2.75) is 0 Å². The van der Waals surface area contributed by atoms with Crippen LogP contribution in [-0.2, 0) is 0 Å². The van der Waals surface area contributed by atoms with Crippen LogP contribution in [0.3, 0.4) is 0 Å². The van der Waals surface area contributed by atoms with E-state index in [2.05, 4.69) is 10.3 Å². The number of rotatable bonds is 4. The molecule has 0 saturated heterocycles. The number of nitro benzene ring substituents is 1. The second-order valence-corrected chi connectivity index (χ2v) is 8.17. The number of thiazole rings is 1. The molecule has 0 saturated carbocycles. The molecule has 0 aliphatic rings. The minimum absolute atomic E-state index is 0.00217. The van der Waals surface area contributed by atoms with Gasteiger partial charge in [-0.05, 0) is 24.3 Å². The van der Waals surface area contributed by atoms with E-state index in [-0.39, 0.29) is 11.6 Å². The number of thiophene rings is 1. The highest BCUT2D eigenvalue weighted by Crippen LogP contribution is 2.32. The van der Waals surface area contributed by atoms with Gasteiger partial charge in [-0.2, -0.15) is 0 Å². The molecular weight excluding hydrogens is 410 g/mol. The third-order valence-electron chi connectivity index (χ3n) is 4.34. The lowest BCUT2D eigenvalue weighted by molar-refractivity contribution is -0.384. The zero-order chi connectivity index (χ0) is 20.0. The van der Waals surface area contributed by atoms with E-state index in [0.29, 0.717) is 26.8 Å². The van der Waals surface area contributed by atoms with Crippen molar-refractivity contribution in [3.63, 3.8) is 0 Å². The van der Waals surface area contributed by atoms with Gasteiger partial charge in [-0.1, -0.05) is 18.2 Å². The fraction of sp³-hybridized carbons (Fsp3) is 0. The van der Waals surface area contributed by atoms with E-state index in [1.165, 1.54) is 34.8 Å². The molecule has 0 fully saturated rings. The van der Waals surface area contributed by atoms with Crippen molar-refractivity contribution in [3.05, 3.63) is 75.0 Å². The number of amides is 1. The predicted molar refractivity (Wildman–Crippen MR) is 114 cm³/mol. The molecule has 0 radical (unpaired) electrons. The van der Waals surface area contributed by atoms with Crippen molar-refractivity contribution in [2.24, 2.45) is 0 Å². The quantitative estimate of drug-likeness (QED) is 0.286. The van der Waals surface area contributed by atoms with E-state index in [4.69, 9.17) is 4.42 Å². The van der Waals surface area contributed by atoms with Gasteiger partial charge in [0, 0.05) is 33.0 Å². The molecule has 0 spiro atoms. The molecule has 142 valence electrons. The molecule has 1 amide bonds. The number of carbonyl (C=O) groups excluding carboxylic acids is 1. The molecule has 5 rings (SSSR count). The van der Waals surface area contributed by atoms with Crippen LogP contribution in [0.5, 0.6) is 0 Å². The van der Waals surface area contributed by atoms with Gasteiger partial charge < -0.3 is 4.42 Å². The summed E-state index contributed by atoms with van der Waals surface area (Å²) in [7, 11) is 0. The second-order valence-electron chi connectivity index (χ2n) is 6.23. The van der Waals surface area contributed by atoms with E-state index < -0.39 is 4.92 Å². The molecule has 29 heavy (non-hydrogen) atoms. The molecule has 3 heterocycles. The van der Waals surface area contributed by atoms with Crippen LogP contribution in [0.15, 0.2) is 64.4 Å². The maximum atomic E-state index is 12.6. The van der Waals surface area contributed by atoms with Crippen LogP contribution < -0.4 is 5.32 Å². The normalized spacial score (nSPS) is 11.2. The third-order valence-corrected chi connectivity index (χ3v) is 6.21. The fourth-order valence-electron chi connectivity index (χ4n) is 2.97. The minimum atomic E-state index is -0.452. The highest BCUT2D eigenvalue weighted by molar-refractivity contribution is 7.21. The van der Waals surface area contributed by atoms with Crippen LogP contribution in [0.2, 0.25) is 0 Å². The number of para-hydroxylation sites is 1. The zero-order valence-electron chi connectivity index (χ0n) is 14.6. The summed E-state index contributed by atoms with van der Waals surface area (Å²) in [6.07, 6.45) is 0. The van der Waals surface area contributed by atoms with E-state index in [9.17, 15) is 14.9 Å². The number of fused-ring (bicyclic) bond motifs is 2. The highest BCUT2D eigenvalue weighted by atomic mass is 32.1. The largest absolute Gasteiger partial charge is 0.454 e. The molecule has 3 aromatic heterocycles. The van der Waals surface area contributed by atoms with E-state index >= 15 is 0 Å². The number of carbonyl (C=O) groups is 1. The number of anilines is 1. The van der Waals surface area contributed by atoms with Gasteiger partial charge in [0.15, 0.2) is 10.9 Å². The summed E-state index contributed by atoms with van der Waals surface area (Å²) < 4.78 is 6.61. The number of nitrogens with zero attached hydrogens (tertiary/aromatic N) is 2. The molecule has 0 unspecified atom stereocenters. The highest BCUT2D eigenvalue weighted by Gasteiger charge is 2.16. The monoisotopic (exact) mass is 421 g/mol. The first kappa shape index (κ1) is 17.5. The van der Waals surface area contributed by atoms with Crippen molar-refractivity contribution in [1.29, 1.82) is 0 Å². The Kier molecular flexibility index (Phi) is 4.11. The number of non-ortho nitro benzene ring substituents is 1. The third kappa shape index (κ3) is 3.26. The van der Waals surface area contributed by atoms with E-state index in [1.54, 1.807) is 12.1 Å². The summed E-state index contributed by atoms with van der Waals surface area (Å²) >= 11 is 2.58. The van der Waals surface area contributed by atoms with Crippen molar-refractivity contribution in [2.75, 3.05) is 5.32 Å². The number of furan rings is 1. The fourth-order valence-corrected chi connectivity index (χ4v) is 4.60. The number of benzene rings is 2. The maximum absolute atomic E-state index is 12.6. The zero-order valence-corrected chi connectivity index (χ0v) is 16.3. The number of aromatic nitrogens is 1. The summed E-state index contributed by atoms with van der Waals surface area (Å²) in [5, 5.41) is 17.6. The van der Waals surface area contributed by atoms with Crippen molar-refractivity contribution < 1.29 is 14.1 Å². The Morgan fingerprint density at radius 3 is 2.79 bits per heavy atom. The number of nitro groups is 1. The van der Waals surface area contributed by atoms with E-state index in [1.807, 2.05) is 35.7 Å². The van der Waals surface area contributed by atoms with Crippen molar-refractivity contribution in [3.8, 4) is 11.5 Å². The van der Waals surface area contributed by atoms with Gasteiger partial charge in [-0.25, -0.2) is 4.98 Å². The van der Waals surface area contributed by atoms with Crippen LogP contribution in [0.4, 0.5) is 10.8 Å². The second kappa shape index (κ2) is 6.80. The predicted octanol–water partition coefficient (Wildman–Crippen LogP) is 5.93. The Labute approximate surface area is 171 Å². The first-order valence-corrected chi connectivity index (χ1v) is 10.2. The Morgan fingerprint density at radius 2 is 1.97 bits per heavy atom. The first-order chi connectivity index (χ1) is 14.1. The van der Waals surface area contributed by atoms with Crippen molar-refractivity contribution in [1.82, 2.24) is 4.98 Å². The molecule has 0 atom stereocenters. The van der Waals surface area contributed by atoms with Crippen LogP contribution in [-0.4, -0.2) is 15.8 Å². The number of hydrogen-bond donors (Lipinski definition) is 1. The molecule has 0 bridgehead atoms. The van der Waals surface area contributed by atoms with Gasteiger partial charge >= 0.3 is 0 Å². The molecule has 1 N–H and O–H groups in total. The lowest BCUT2D eigenvalue weighted by Crippen LogP contribution is -2.09. The summed E-state index contributed by atoms with van der Waals surface area (Å²) in [6, 6.07) is 15.8. The van der Waals surface area contributed by atoms with Crippen molar-refractivity contribution >= 4 is 60.5 Å². The van der Waals surface area contributed by atoms with E-state index in [0.717, 1.165) is 15.7 Å². The lowest BCUT2D eigenvalue weighted by Gasteiger charge is -1.97. The summed E-state index contributed by atoms with van der Waals surface area (Å²) in [4.78, 5) is 28.0. The Hall–Kier alpha value is -3.56. The van der Waals surface area contributed by atoms with Gasteiger partial charge in [-0.3, -0.25) is 20.2 Å². The SMILES string of the molecule is O=C(Nc1nc(-c2cc3ccccc3o2)cs1)c1cc2cc([N+](=O)[O-])ccc2s1. The van der Waals surface area contributed by atoms with Crippen LogP contribution in [0.1, 0.15) is 9.67 Å². The van der Waals surface area contributed by atoms with Crippen LogP contribution in [0, 0.1) is 10.1 Å². The van der Waals surface area contributed by atoms with Gasteiger partial charge in [0.2, 0.25) is 0 Å². The number of nitrogens with one attached hydrogen (secondary N) is 1. The smallest absolute Gasteiger partial charge is 0.270 e. The molecule has 9 heteroatoms. The van der Waals surface area contributed by atoms with Gasteiger partial charge in [0.25, 0.3) is 11.6 Å². The Balaban J connectivity index is 1.38. The molecular formula is C20H11N3O4S2. The van der Waals surface area contributed by atoms with Gasteiger partial charge in [-0.15, -0.1) is 22.7 Å². The summed E-state index contributed by atoms with van der Waals surface area (Å²) in [5.74, 6) is 0.330. The minimum Gasteiger partial charge on any atom is -0.454 e. The standard InChI is InChI=1S/C20H11N3O4S2/c24-19(18-9-12-7-13(23(25)26)5-6-17(12)29-18)22-20-21-14(10-28-20)16-8-11-3-1-2-4-15(11)27-16/h1-10H,(H,21,22,24).